The van der Waals surface area contributed by atoms with Crippen molar-refractivity contribution in [3.63, 3.8) is 0 Å². The van der Waals surface area contributed by atoms with Crippen LogP contribution in [0.1, 0.15) is 19.5 Å². The maximum atomic E-state index is 14.0. The topological polar surface area (TPSA) is 83.4 Å². The first-order chi connectivity index (χ1) is 15.3. The third kappa shape index (κ3) is 5.08. The number of hydrogen-bond acceptors (Lipinski definition) is 6. The molecule has 1 N–H and O–H groups in total. The van der Waals surface area contributed by atoms with Gasteiger partial charge in [-0.1, -0.05) is 23.4 Å². The lowest BCUT2D eigenvalue weighted by molar-refractivity contribution is 0.247. The van der Waals surface area contributed by atoms with Crippen LogP contribution in [0.25, 0.3) is 5.69 Å². The summed E-state index contributed by atoms with van der Waals surface area (Å²) < 4.78 is 42.4. The van der Waals surface area contributed by atoms with E-state index >= 15 is 0 Å². The molecule has 0 aliphatic carbocycles. The van der Waals surface area contributed by atoms with Crippen molar-refractivity contribution < 1.29 is 12.8 Å². The average molecular weight is 459 g/mol. The number of anilines is 2. The van der Waals surface area contributed by atoms with Crippen molar-refractivity contribution in [2.45, 2.75) is 25.6 Å². The minimum atomic E-state index is -3.38. The Balaban J connectivity index is 1.35. The molecule has 170 valence electrons. The third-order valence-electron chi connectivity index (χ3n) is 5.49. The van der Waals surface area contributed by atoms with Crippen molar-refractivity contribution in [1.29, 1.82) is 0 Å². The zero-order valence-electron chi connectivity index (χ0n) is 18.1. The van der Waals surface area contributed by atoms with Crippen LogP contribution in [-0.4, -0.2) is 59.7 Å². The molecule has 1 saturated heterocycles. The molecular weight excluding hydrogens is 431 g/mol. The molecule has 2 heterocycles. The van der Waals surface area contributed by atoms with Gasteiger partial charge < -0.3 is 4.90 Å². The Morgan fingerprint density at radius 3 is 2.53 bits per heavy atom. The van der Waals surface area contributed by atoms with Gasteiger partial charge in [0, 0.05) is 38.4 Å². The van der Waals surface area contributed by atoms with Gasteiger partial charge >= 0.3 is 0 Å². The fourth-order valence-electron chi connectivity index (χ4n) is 3.57. The van der Waals surface area contributed by atoms with Crippen molar-refractivity contribution in [1.82, 2.24) is 19.9 Å². The van der Waals surface area contributed by atoms with Crippen LogP contribution in [0.15, 0.2) is 54.7 Å². The molecule has 0 saturated carbocycles. The first-order valence-corrected chi connectivity index (χ1v) is 12.1. The second-order valence-corrected chi connectivity index (χ2v) is 10.4. The van der Waals surface area contributed by atoms with Crippen LogP contribution in [0.5, 0.6) is 0 Å². The van der Waals surface area contributed by atoms with Gasteiger partial charge in [-0.05, 0) is 44.2 Å². The minimum absolute atomic E-state index is 0.338. The molecule has 10 heteroatoms. The van der Waals surface area contributed by atoms with E-state index in [1.807, 2.05) is 18.2 Å². The van der Waals surface area contributed by atoms with Crippen LogP contribution in [0.2, 0.25) is 0 Å². The summed E-state index contributed by atoms with van der Waals surface area (Å²) in [5.41, 5.74) is 2.72. The van der Waals surface area contributed by atoms with E-state index in [0.717, 1.165) is 37.6 Å². The fourth-order valence-corrected chi connectivity index (χ4v) is 4.26. The Bertz CT molecular complexity index is 1170. The summed E-state index contributed by atoms with van der Waals surface area (Å²) in [5, 5.41) is 7.76. The van der Waals surface area contributed by atoms with Gasteiger partial charge in [0.25, 0.3) is 0 Å². The molecule has 0 spiro atoms. The lowest BCUT2D eigenvalue weighted by atomic mass is 10.2. The minimum Gasteiger partial charge on any atom is -0.369 e. The largest absolute Gasteiger partial charge is 0.369 e. The molecule has 2 aromatic carbocycles. The molecule has 0 bridgehead atoms. The van der Waals surface area contributed by atoms with Gasteiger partial charge in [0.15, 0.2) is 0 Å². The maximum Gasteiger partial charge on any atom is 0.235 e. The summed E-state index contributed by atoms with van der Waals surface area (Å²) in [6.07, 6.45) is 1.76. The number of nitrogens with zero attached hydrogens (tertiary/aromatic N) is 5. The highest BCUT2D eigenvalue weighted by Crippen LogP contribution is 2.23. The van der Waals surface area contributed by atoms with Crippen molar-refractivity contribution in [2.24, 2.45) is 0 Å². The Labute approximate surface area is 187 Å². The van der Waals surface area contributed by atoms with Crippen LogP contribution in [0, 0.1) is 5.82 Å². The number of sulfonamides is 1. The summed E-state index contributed by atoms with van der Waals surface area (Å²) in [5.74, 6) is -0.338. The van der Waals surface area contributed by atoms with Gasteiger partial charge in [-0.2, -0.15) is 0 Å². The maximum absolute atomic E-state index is 14.0. The van der Waals surface area contributed by atoms with Gasteiger partial charge in [0.1, 0.15) is 11.5 Å². The smallest absolute Gasteiger partial charge is 0.235 e. The second-order valence-electron chi connectivity index (χ2n) is 8.12. The third-order valence-corrected chi connectivity index (χ3v) is 7.25. The highest BCUT2D eigenvalue weighted by molar-refractivity contribution is 7.93. The zero-order valence-corrected chi connectivity index (χ0v) is 19.0. The van der Waals surface area contributed by atoms with Crippen LogP contribution >= 0.6 is 0 Å². The lowest BCUT2D eigenvalue weighted by Crippen LogP contribution is -2.46. The molecule has 0 unspecified atom stereocenters. The van der Waals surface area contributed by atoms with E-state index in [0.29, 0.717) is 17.9 Å². The molecule has 8 nitrogen and oxygen atoms in total. The number of nitrogens with one attached hydrogen (secondary N) is 1. The van der Waals surface area contributed by atoms with Crippen LogP contribution in [0.4, 0.5) is 15.8 Å². The molecule has 32 heavy (non-hydrogen) atoms. The Hall–Kier alpha value is -2.98. The predicted octanol–water partition coefficient (Wildman–Crippen LogP) is 2.88. The van der Waals surface area contributed by atoms with E-state index < -0.39 is 15.3 Å². The van der Waals surface area contributed by atoms with Gasteiger partial charge in [-0.15, -0.1) is 5.10 Å². The van der Waals surface area contributed by atoms with Crippen molar-refractivity contribution in [3.05, 3.63) is 66.2 Å². The van der Waals surface area contributed by atoms with E-state index in [-0.39, 0.29) is 5.82 Å². The molecule has 1 aromatic heterocycles. The molecular formula is C22H27FN6O2S. The predicted molar refractivity (Wildman–Crippen MR) is 123 cm³/mol. The summed E-state index contributed by atoms with van der Waals surface area (Å²) in [7, 11) is -3.38. The quantitative estimate of drug-likeness (QED) is 0.586. The lowest BCUT2D eigenvalue weighted by Gasteiger charge is -2.35. The molecule has 4 rings (SSSR count). The normalized spacial score (nSPS) is 15.3. The highest BCUT2D eigenvalue weighted by Gasteiger charge is 2.20. The highest BCUT2D eigenvalue weighted by atomic mass is 32.2. The average Bonchev–Trinajstić information content (AvgIpc) is 3.22. The van der Waals surface area contributed by atoms with E-state index in [1.165, 1.54) is 10.7 Å². The van der Waals surface area contributed by atoms with Gasteiger partial charge in [-0.3, -0.25) is 9.62 Å². The van der Waals surface area contributed by atoms with Crippen molar-refractivity contribution in [3.8, 4) is 5.69 Å². The summed E-state index contributed by atoms with van der Waals surface area (Å²) in [6, 6.07) is 14.0. The van der Waals surface area contributed by atoms with E-state index in [4.69, 9.17) is 0 Å². The summed E-state index contributed by atoms with van der Waals surface area (Å²) >= 11 is 0. The Morgan fingerprint density at radius 2 is 1.81 bits per heavy atom. The van der Waals surface area contributed by atoms with Crippen molar-refractivity contribution >= 4 is 21.4 Å². The molecule has 1 aliphatic rings. The van der Waals surface area contributed by atoms with E-state index in [9.17, 15) is 12.8 Å². The molecule has 1 aliphatic heterocycles. The Morgan fingerprint density at radius 1 is 1.06 bits per heavy atom. The zero-order chi connectivity index (χ0) is 22.7. The first kappa shape index (κ1) is 22.2. The van der Waals surface area contributed by atoms with E-state index in [1.54, 1.807) is 44.3 Å². The monoisotopic (exact) mass is 458 g/mol. The number of rotatable bonds is 7. The number of halogens is 1. The second kappa shape index (κ2) is 9.25. The first-order valence-electron chi connectivity index (χ1n) is 10.6. The van der Waals surface area contributed by atoms with Crippen molar-refractivity contribution in [2.75, 3.05) is 35.8 Å². The van der Waals surface area contributed by atoms with Gasteiger partial charge in [-0.25, -0.2) is 17.5 Å². The van der Waals surface area contributed by atoms with E-state index in [2.05, 4.69) is 24.8 Å². The molecule has 0 atom stereocenters. The molecule has 0 amide bonds. The van der Waals surface area contributed by atoms with Crippen LogP contribution in [-0.2, 0) is 16.6 Å². The number of aromatic nitrogens is 3. The summed E-state index contributed by atoms with van der Waals surface area (Å²) in [4.78, 5) is 4.51. The van der Waals surface area contributed by atoms with Crippen LogP contribution in [0.3, 0.4) is 0 Å². The number of benzene rings is 2. The SMILES string of the molecule is CC(C)S(=O)(=O)Nc1cccc(N2CCN(Cc3cn(-c4ccccc4F)nn3)CC2)c1. The number of piperazine rings is 1. The van der Waals surface area contributed by atoms with Crippen LogP contribution < -0.4 is 9.62 Å². The summed E-state index contributed by atoms with van der Waals surface area (Å²) in [6.45, 7) is 7.21. The van der Waals surface area contributed by atoms with Gasteiger partial charge in [0.05, 0.1) is 22.8 Å². The van der Waals surface area contributed by atoms with Gasteiger partial charge in [0.2, 0.25) is 10.0 Å². The Kier molecular flexibility index (Phi) is 6.43. The molecule has 1 fully saturated rings. The molecule has 3 aromatic rings. The number of hydrogen-bond donors (Lipinski definition) is 1. The standard InChI is InChI=1S/C22H27FN6O2S/c1-17(2)32(30,31)25-18-6-5-7-20(14-18)28-12-10-27(11-13-28)15-19-16-29(26-24-19)22-9-4-3-8-21(22)23/h3-9,14,16-17,25H,10-13,15H2,1-2H3. The fraction of sp³-hybridized carbons (Fsp3) is 0.364. The number of para-hydroxylation sites is 1. The molecule has 0 radical (unpaired) electrons.